The SMILES string of the molecule is O=C1CCN1[C@H]1CCCNC1. The topological polar surface area (TPSA) is 32.3 Å². The fraction of sp³-hybridized carbons (Fsp3) is 0.875. The zero-order chi connectivity index (χ0) is 7.68. The molecule has 0 radical (unpaired) electrons. The zero-order valence-corrected chi connectivity index (χ0v) is 6.68. The van der Waals surface area contributed by atoms with E-state index in [-0.39, 0.29) is 0 Å². The standard InChI is InChI=1S/C8H14N2O/c11-8-3-5-10(8)7-2-1-4-9-6-7/h7,9H,1-6H2/t7-/m0/s1. The Hall–Kier alpha value is -0.570. The van der Waals surface area contributed by atoms with E-state index in [2.05, 4.69) is 5.32 Å². The number of hydrogen-bond acceptors (Lipinski definition) is 2. The molecule has 2 aliphatic rings. The van der Waals surface area contributed by atoms with Crippen LogP contribution in [0, 0.1) is 0 Å². The minimum absolute atomic E-state index is 0.346. The lowest BCUT2D eigenvalue weighted by Crippen LogP contribution is -2.55. The molecule has 2 rings (SSSR count). The highest BCUT2D eigenvalue weighted by molar-refractivity contribution is 5.82. The van der Waals surface area contributed by atoms with Gasteiger partial charge in [0.1, 0.15) is 0 Å². The van der Waals surface area contributed by atoms with Crippen LogP contribution in [0.2, 0.25) is 0 Å². The molecule has 62 valence electrons. The van der Waals surface area contributed by atoms with Gasteiger partial charge >= 0.3 is 0 Å². The molecule has 0 aliphatic carbocycles. The highest BCUT2D eigenvalue weighted by Crippen LogP contribution is 2.17. The van der Waals surface area contributed by atoms with Gasteiger partial charge in [0, 0.05) is 25.6 Å². The van der Waals surface area contributed by atoms with E-state index in [1.807, 2.05) is 4.90 Å². The predicted molar refractivity (Wildman–Crippen MR) is 42.2 cm³/mol. The summed E-state index contributed by atoms with van der Waals surface area (Å²) < 4.78 is 0. The summed E-state index contributed by atoms with van der Waals surface area (Å²) in [5, 5.41) is 3.31. The Morgan fingerprint density at radius 1 is 1.55 bits per heavy atom. The maximum atomic E-state index is 11.0. The first-order valence-corrected chi connectivity index (χ1v) is 4.38. The maximum absolute atomic E-state index is 11.0. The number of piperidine rings is 1. The molecule has 2 aliphatic heterocycles. The van der Waals surface area contributed by atoms with Crippen LogP contribution in [0.5, 0.6) is 0 Å². The van der Waals surface area contributed by atoms with E-state index in [4.69, 9.17) is 0 Å². The summed E-state index contributed by atoms with van der Waals surface area (Å²) >= 11 is 0. The van der Waals surface area contributed by atoms with Gasteiger partial charge in [0.05, 0.1) is 0 Å². The molecule has 0 spiro atoms. The third-order valence-corrected chi connectivity index (χ3v) is 2.60. The zero-order valence-electron chi connectivity index (χ0n) is 6.68. The van der Waals surface area contributed by atoms with Crippen molar-refractivity contribution in [1.82, 2.24) is 10.2 Å². The van der Waals surface area contributed by atoms with Crippen molar-refractivity contribution in [1.29, 1.82) is 0 Å². The highest BCUT2D eigenvalue weighted by atomic mass is 16.2. The van der Waals surface area contributed by atoms with Crippen LogP contribution >= 0.6 is 0 Å². The maximum Gasteiger partial charge on any atom is 0.224 e. The highest BCUT2D eigenvalue weighted by Gasteiger charge is 2.31. The van der Waals surface area contributed by atoms with Crippen molar-refractivity contribution in [2.75, 3.05) is 19.6 Å². The van der Waals surface area contributed by atoms with Gasteiger partial charge in [0.2, 0.25) is 5.91 Å². The molecule has 0 unspecified atom stereocenters. The number of nitrogens with one attached hydrogen (secondary N) is 1. The number of hydrogen-bond donors (Lipinski definition) is 1. The Labute approximate surface area is 66.8 Å². The molecule has 0 aromatic rings. The van der Waals surface area contributed by atoms with Crippen LogP contribution in [0.4, 0.5) is 0 Å². The van der Waals surface area contributed by atoms with Crippen molar-refractivity contribution in [3.8, 4) is 0 Å². The number of carbonyl (C=O) groups is 1. The second-order valence-electron chi connectivity index (χ2n) is 3.34. The molecule has 2 fully saturated rings. The van der Waals surface area contributed by atoms with Gasteiger partial charge in [-0.15, -0.1) is 0 Å². The Morgan fingerprint density at radius 2 is 2.45 bits per heavy atom. The quantitative estimate of drug-likeness (QED) is 0.538. The molecule has 0 aromatic heterocycles. The Morgan fingerprint density at radius 3 is 2.91 bits per heavy atom. The van der Waals surface area contributed by atoms with Gasteiger partial charge in [-0.1, -0.05) is 0 Å². The minimum Gasteiger partial charge on any atom is -0.338 e. The van der Waals surface area contributed by atoms with Gasteiger partial charge in [-0.3, -0.25) is 4.79 Å². The molecule has 0 aromatic carbocycles. The number of carbonyl (C=O) groups excluding carboxylic acids is 1. The average molecular weight is 154 g/mol. The van der Waals surface area contributed by atoms with Crippen LogP contribution in [-0.4, -0.2) is 36.5 Å². The number of likely N-dealkylation sites (tertiary alicyclic amines) is 1. The molecule has 1 amide bonds. The third-order valence-electron chi connectivity index (χ3n) is 2.60. The van der Waals surface area contributed by atoms with Crippen molar-refractivity contribution in [2.24, 2.45) is 0 Å². The molecular formula is C8H14N2O. The first-order chi connectivity index (χ1) is 5.38. The molecule has 3 heteroatoms. The molecule has 0 saturated carbocycles. The van der Waals surface area contributed by atoms with Crippen molar-refractivity contribution >= 4 is 5.91 Å². The van der Waals surface area contributed by atoms with Crippen LogP contribution in [0.3, 0.4) is 0 Å². The summed E-state index contributed by atoms with van der Waals surface area (Å²) in [6.45, 7) is 3.12. The van der Waals surface area contributed by atoms with Crippen LogP contribution in [0.25, 0.3) is 0 Å². The fourth-order valence-electron chi connectivity index (χ4n) is 1.82. The van der Waals surface area contributed by atoms with Crippen LogP contribution in [0.15, 0.2) is 0 Å². The first-order valence-electron chi connectivity index (χ1n) is 4.38. The second kappa shape index (κ2) is 2.81. The van der Waals surface area contributed by atoms with E-state index >= 15 is 0 Å². The van der Waals surface area contributed by atoms with E-state index in [9.17, 15) is 4.79 Å². The Balaban J connectivity index is 1.88. The van der Waals surface area contributed by atoms with Crippen molar-refractivity contribution in [3.05, 3.63) is 0 Å². The summed E-state index contributed by atoms with van der Waals surface area (Å²) in [6.07, 6.45) is 3.18. The molecule has 11 heavy (non-hydrogen) atoms. The lowest BCUT2D eigenvalue weighted by molar-refractivity contribution is -0.143. The number of β-lactam (4-membered cyclic amide) rings is 1. The average Bonchev–Trinajstić information content (AvgIpc) is 2.04. The van der Waals surface area contributed by atoms with E-state index in [0.29, 0.717) is 11.9 Å². The van der Waals surface area contributed by atoms with Gasteiger partial charge in [0.25, 0.3) is 0 Å². The van der Waals surface area contributed by atoms with E-state index in [1.165, 1.54) is 12.8 Å². The molecule has 1 atom stereocenters. The summed E-state index contributed by atoms with van der Waals surface area (Å²) in [7, 11) is 0. The monoisotopic (exact) mass is 154 g/mol. The molecule has 2 saturated heterocycles. The van der Waals surface area contributed by atoms with Crippen LogP contribution in [0.1, 0.15) is 19.3 Å². The van der Waals surface area contributed by atoms with E-state index < -0.39 is 0 Å². The largest absolute Gasteiger partial charge is 0.338 e. The van der Waals surface area contributed by atoms with Gasteiger partial charge in [-0.05, 0) is 19.4 Å². The Bertz CT molecular complexity index is 163. The lowest BCUT2D eigenvalue weighted by atomic mass is 10.0. The summed E-state index contributed by atoms with van der Waals surface area (Å²) in [4.78, 5) is 13.0. The molecule has 2 heterocycles. The number of rotatable bonds is 1. The van der Waals surface area contributed by atoms with E-state index in [0.717, 1.165) is 26.1 Å². The minimum atomic E-state index is 0.346. The molecular weight excluding hydrogens is 140 g/mol. The van der Waals surface area contributed by atoms with Crippen LogP contribution < -0.4 is 5.32 Å². The molecule has 1 N–H and O–H groups in total. The van der Waals surface area contributed by atoms with E-state index in [1.54, 1.807) is 0 Å². The normalized spacial score (nSPS) is 31.8. The van der Waals surface area contributed by atoms with Crippen LogP contribution in [-0.2, 0) is 4.79 Å². The van der Waals surface area contributed by atoms with Gasteiger partial charge in [-0.2, -0.15) is 0 Å². The predicted octanol–water partition coefficient (Wildman–Crippen LogP) is -0.0293. The Kier molecular flexibility index (Phi) is 1.82. The van der Waals surface area contributed by atoms with Crippen molar-refractivity contribution in [3.63, 3.8) is 0 Å². The summed E-state index contributed by atoms with van der Waals surface area (Å²) in [6, 6.07) is 0.505. The van der Waals surface area contributed by atoms with Gasteiger partial charge in [0.15, 0.2) is 0 Å². The third kappa shape index (κ3) is 1.25. The van der Waals surface area contributed by atoms with Gasteiger partial charge < -0.3 is 10.2 Å². The summed E-state index contributed by atoms with van der Waals surface area (Å²) in [5.74, 6) is 0.346. The summed E-state index contributed by atoms with van der Waals surface area (Å²) in [5.41, 5.74) is 0. The smallest absolute Gasteiger partial charge is 0.224 e. The number of amides is 1. The molecule has 3 nitrogen and oxygen atoms in total. The van der Waals surface area contributed by atoms with Crippen molar-refractivity contribution in [2.45, 2.75) is 25.3 Å². The first kappa shape index (κ1) is 7.10. The second-order valence-corrected chi connectivity index (χ2v) is 3.34. The molecule has 0 bridgehead atoms. The fourth-order valence-corrected chi connectivity index (χ4v) is 1.82. The van der Waals surface area contributed by atoms with Gasteiger partial charge in [-0.25, -0.2) is 0 Å². The lowest BCUT2D eigenvalue weighted by Gasteiger charge is -2.40. The van der Waals surface area contributed by atoms with Crippen molar-refractivity contribution < 1.29 is 4.79 Å². The number of nitrogens with zero attached hydrogens (tertiary/aromatic N) is 1.